The molecule has 42 heavy (non-hydrogen) atoms. The van der Waals surface area contributed by atoms with Crippen LogP contribution in [0, 0.1) is 11.6 Å². The molecule has 0 aliphatic carbocycles. The third-order valence-corrected chi connectivity index (χ3v) is 8.62. The maximum absolute atomic E-state index is 15.9. The lowest BCUT2D eigenvalue weighted by atomic mass is 9.96. The summed E-state index contributed by atoms with van der Waals surface area (Å²) in [5.74, 6) is -1.37. The first-order valence-electron chi connectivity index (χ1n) is 13.7. The molecular weight excluding hydrogens is 558 g/mol. The molecule has 1 aliphatic rings. The molecule has 0 spiro atoms. The van der Waals surface area contributed by atoms with Crippen molar-refractivity contribution in [2.75, 3.05) is 26.9 Å². The van der Waals surface area contributed by atoms with E-state index in [2.05, 4.69) is 17.2 Å². The Morgan fingerprint density at radius 3 is 2.79 bits per heavy atom. The SMILES string of the molecule is COCCOc1cc(F)cc(F)c1-c1c(-c2cc3n(n2)CCNC3C)nc(-c2ccc3c(c2)ncn3C)c2ccsc12. The number of nitrogens with one attached hydrogen (secondary N) is 1. The zero-order valence-corrected chi connectivity index (χ0v) is 24.1. The van der Waals surface area contributed by atoms with Crippen LogP contribution in [-0.4, -0.2) is 51.2 Å². The second-order valence-corrected chi connectivity index (χ2v) is 11.3. The van der Waals surface area contributed by atoms with Gasteiger partial charge in [-0.3, -0.25) is 4.68 Å². The van der Waals surface area contributed by atoms with Crippen molar-refractivity contribution in [3.8, 4) is 39.5 Å². The standard InChI is InChI=1S/C31H28F2N6O2S/c1-17-25-15-23(37-39(25)8-7-34-17)30-28(27-21(33)13-19(32)14-26(27)41-10-9-40-3)31-20(6-11-42-31)29(36-30)18-4-5-24-22(12-18)35-16-38(24)2/h4-6,11-17,34H,7-10H2,1-3H3. The number of benzene rings is 2. The van der Waals surface area contributed by atoms with E-state index in [1.165, 1.54) is 17.4 Å². The van der Waals surface area contributed by atoms with Gasteiger partial charge in [0.1, 0.15) is 35.4 Å². The summed E-state index contributed by atoms with van der Waals surface area (Å²) in [6.07, 6.45) is 1.78. The summed E-state index contributed by atoms with van der Waals surface area (Å²) in [5.41, 5.74) is 6.26. The smallest absolute Gasteiger partial charge is 0.137 e. The van der Waals surface area contributed by atoms with Crippen molar-refractivity contribution in [1.82, 2.24) is 29.6 Å². The largest absolute Gasteiger partial charge is 0.490 e. The van der Waals surface area contributed by atoms with E-state index in [9.17, 15) is 4.39 Å². The first-order chi connectivity index (χ1) is 20.4. The molecule has 6 aromatic rings. The Hall–Kier alpha value is -4.19. The fraction of sp³-hybridized carbons (Fsp3) is 0.258. The topological polar surface area (TPSA) is 79.0 Å². The zero-order chi connectivity index (χ0) is 29.0. The number of imidazole rings is 1. The van der Waals surface area contributed by atoms with Crippen LogP contribution in [0.15, 0.2) is 54.2 Å². The molecule has 0 radical (unpaired) electrons. The van der Waals surface area contributed by atoms with Crippen LogP contribution < -0.4 is 10.1 Å². The van der Waals surface area contributed by atoms with Crippen molar-refractivity contribution in [3.05, 3.63) is 71.5 Å². The van der Waals surface area contributed by atoms with E-state index in [4.69, 9.17) is 19.6 Å². The molecule has 8 nitrogen and oxygen atoms in total. The van der Waals surface area contributed by atoms with Gasteiger partial charge in [0, 0.05) is 60.1 Å². The maximum Gasteiger partial charge on any atom is 0.137 e. The highest BCUT2D eigenvalue weighted by Gasteiger charge is 2.28. The molecule has 1 atom stereocenters. The molecule has 0 saturated carbocycles. The number of pyridine rings is 1. The number of rotatable bonds is 7. The predicted octanol–water partition coefficient (Wildman–Crippen LogP) is 6.35. The normalized spacial score (nSPS) is 15.0. The van der Waals surface area contributed by atoms with Gasteiger partial charge in [0.25, 0.3) is 0 Å². The summed E-state index contributed by atoms with van der Waals surface area (Å²) >= 11 is 1.47. The summed E-state index contributed by atoms with van der Waals surface area (Å²) < 4.78 is 46.2. The number of hydrogen-bond donors (Lipinski definition) is 1. The van der Waals surface area contributed by atoms with Gasteiger partial charge in [-0.2, -0.15) is 5.10 Å². The average Bonchev–Trinajstić information content (AvgIpc) is 3.72. The van der Waals surface area contributed by atoms with Gasteiger partial charge >= 0.3 is 0 Å². The third kappa shape index (κ3) is 4.44. The number of aromatic nitrogens is 5. The molecule has 0 saturated heterocycles. The number of methoxy groups -OCH3 is 1. The third-order valence-electron chi connectivity index (χ3n) is 7.69. The Bertz CT molecular complexity index is 1960. The molecule has 2 aromatic carbocycles. The lowest BCUT2D eigenvalue weighted by molar-refractivity contribution is 0.146. The fourth-order valence-corrected chi connectivity index (χ4v) is 6.60. The number of thiophene rings is 1. The number of halogens is 2. The summed E-state index contributed by atoms with van der Waals surface area (Å²) in [4.78, 5) is 9.75. The summed E-state index contributed by atoms with van der Waals surface area (Å²) in [5, 5.41) is 11.2. The molecule has 1 N–H and O–H groups in total. The zero-order valence-electron chi connectivity index (χ0n) is 23.3. The molecular formula is C31H28F2N6O2S. The van der Waals surface area contributed by atoms with Gasteiger partial charge < -0.3 is 19.4 Å². The Labute approximate surface area is 244 Å². The van der Waals surface area contributed by atoms with E-state index in [0.717, 1.165) is 50.7 Å². The first-order valence-corrected chi connectivity index (χ1v) is 14.6. The molecule has 1 unspecified atom stereocenters. The molecule has 5 heterocycles. The van der Waals surface area contributed by atoms with E-state index in [1.807, 2.05) is 52.0 Å². The Balaban J connectivity index is 1.53. The van der Waals surface area contributed by atoms with Crippen LogP contribution in [0.25, 0.3) is 54.9 Å². The number of aryl methyl sites for hydroxylation is 1. The number of ether oxygens (including phenoxy) is 2. The summed E-state index contributed by atoms with van der Waals surface area (Å²) in [7, 11) is 3.50. The van der Waals surface area contributed by atoms with Gasteiger partial charge in [-0.25, -0.2) is 18.7 Å². The van der Waals surface area contributed by atoms with Gasteiger partial charge in [0.2, 0.25) is 0 Å². The van der Waals surface area contributed by atoms with Gasteiger partial charge in [0.15, 0.2) is 0 Å². The Morgan fingerprint density at radius 2 is 1.95 bits per heavy atom. The van der Waals surface area contributed by atoms with Crippen LogP contribution in [0.4, 0.5) is 8.78 Å². The van der Waals surface area contributed by atoms with Gasteiger partial charge in [-0.05, 0) is 36.6 Å². The molecule has 1 aliphatic heterocycles. The first kappa shape index (κ1) is 26.7. The van der Waals surface area contributed by atoms with Crippen molar-refractivity contribution in [3.63, 3.8) is 0 Å². The quantitative estimate of drug-likeness (QED) is 0.220. The molecule has 0 fully saturated rings. The lowest BCUT2D eigenvalue weighted by Gasteiger charge is -2.21. The van der Waals surface area contributed by atoms with Crippen molar-refractivity contribution in [2.45, 2.75) is 19.5 Å². The highest BCUT2D eigenvalue weighted by atomic mass is 32.1. The number of nitrogens with zero attached hydrogens (tertiary/aromatic N) is 5. The summed E-state index contributed by atoms with van der Waals surface area (Å²) in [6, 6.07) is 12.2. The molecule has 0 bridgehead atoms. The molecule has 7 rings (SSSR count). The van der Waals surface area contributed by atoms with E-state index in [-0.39, 0.29) is 30.6 Å². The van der Waals surface area contributed by atoms with Gasteiger partial charge in [0.05, 0.1) is 47.5 Å². The molecule has 0 amide bonds. The fourth-order valence-electron chi connectivity index (χ4n) is 5.65. The minimum atomic E-state index is -0.734. The highest BCUT2D eigenvalue weighted by molar-refractivity contribution is 7.18. The van der Waals surface area contributed by atoms with E-state index < -0.39 is 11.6 Å². The van der Waals surface area contributed by atoms with Crippen molar-refractivity contribution < 1.29 is 18.3 Å². The van der Waals surface area contributed by atoms with Crippen LogP contribution in [0.5, 0.6) is 5.75 Å². The van der Waals surface area contributed by atoms with Gasteiger partial charge in [-0.15, -0.1) is 11.3 Å². The van der Waals surface area contributed by atoms with E-state index in [0.29, 0.717) is 23.5 Å². The highest BCUT2D eigenvalue weighted by Crippen LogP contribution is 2.47. The molecule has 4 aromatic heterocycles. The lowest BCUT2D eigenvalue weighted by Crippen LogP contribution is -2.31. The Kier molecular flexibility index (Phi) is 6.72. The second-order valence-electron chi connectivity index (χ2n) is 10.4. The Morgan fingerprint density at radius 1 is 1.07 bits per heavy atom. The number of hydrogen-bond acceptors (Lipinski definition) is 7. The van der Waals surface area contributed by atoms with Crippen molar-refractivity contribution in [2.24, 2.45) is 7.05 Å². The minimum absolute atomic E-state index is 0.0870. The van der Waals surface area contributed by atoms with Crippen LogP contribution in [-0.2, 0) is 18.3 Å². The minimum Gasteiger partial charge on any atom is -0.490 e. The van der Waals surface area contributed by atoms with Crippen LogP contribution in [0.2, 0.25) is 0 Å². The summed E-state index contributed by atoms with van der Waals surface area (Å²) in [6.45, 7) is 3.98. The van der Waals surface area contributed by atoms with Crippen molar-refractivity contribution >= 4 is 32.5 Å². The van der Waals surface area contributed by atoms with Crippen molar-refractivity contribution in [1.29, 1.82) is 0 Å². The van der Waals surface area contributed by atoms with E-state index >= 15 is 4.39 Å². The predicted molar refractivity (Wildman–Crippen MR) is 160 cm³/mol. The number of fused-ring (bicyclic) bond motifs is 3. The van der Waals surface area contributed by atoms with E-state index in [1.54, 1.807) is 13.4 Å². The molecule has 214 valence electrons. The second kappa shape index (κ2) is 10.6. The monoisotopic (exact) mass is 586 g/mol. The average molecular weight is 587 g/mol. The van der Waals surface area contributed by atoms with Gasteiger partial charge in [-0.1, -0.05) is 6.07 Å². The molecule has 11 heteroatoms. The van der Waals surface area contributed by atoms with Crippen LogP contribution in [0.3, 0.4) is 0 Å². The van der Waals surface area contributed by atoms with Crippen LogP contribution in [0.1, 0.15) is 18.7 Å². The van der Waals surface area contributed by atoms with Crippen LogP contribution >= 0.6 is 11.3 Å². The maximum atomic E-state index is 15.9.